The van der Waals surface area contributed by atoms with Gasteiger partial charge in [0.2, 0.25) is 0 Å². The molecule has 0 atom stereocenters. The molecule has 3 aromatic heterocycles. The summed E-state index contributed by atoms with van der Waals surface area (Å²) in [7, 11) is 0. The predicted molar refractivity (Wildman–Crippen MR) is 111 cm³/mol. The third kappa shape index (κ3) is 2.35. The molecule has 0 spiro atoms. The quantitative estimate of drug-likeness (QED) is 0.367. The van der Waals surface area contributed by atoms with Gasteiger partial charge in [0.15, 0.2) is 0 Å². The van der Waals surface area contributed by atoms with Crippen LogP contribution < -0.4 is 0 Å². The van der Waals surface area contributed by atoms with Crippen molar-refractivity contribution in [2.24, 2.45) is 0 Å². The maximum atomic E-state index is 4.96. The number of benzene rings is 2. The summed E-state index contributed by atoms with van der Waals surface area (Å²) in [6, 6.07) is 14.4. The Bertz CT molecular complexity index is 1090. The van der Waals surface area contributed by atoms with Crippen LogP contribution in [0, 0.1) is 13.8 Å². The second-order valence-electron chi connectivity index (χ2n) is 6.25. The van der Waals surface area contributed by atoms with E-state index in [-0.39, 0.29) is 0 Å². The Morgan fingerprint density at radius 3 is 1.69 bits per heavy atom. The standard InChI is InChI=1S/C21H15N3S2/c1-12-16-18(25-20(23-16)14-6-4-3-5-7-14)13(2)17-19(12)26-21(24-17)15-8-10-22-11-9-15/h3-11H,1-2H3. The number of rotatable bonds is 2. The fourth-order valence-electron chi connectivity index (χ4n) is 3.19. The largest absolute Gasteiger partial charge is 0.265 e. The van der Waals surface area contributed by atoms with Gasteiger partial charge in [-0.05, 0) is 37.1 Å². The molecule has 3 heterocycles. The highest BCUT2D eigenvalue weighted by atomic mass is 32.1. The Kier molecular flexibility index (Phi) is 3.58. The number of hydrogen-bond donors (Lipinski definition) is 0. The first-order chi connectivity index (χ1) is 12.7. The fraction of sp³-hybridized carbons (Fsp3) is 0.0952. The normalized spacial score (nSPS) is 11.5. The highest BCUT2D eigenvalue weighted by molar-refractivity contribution is 7.23. The van der Waals surface area contributed by atoms with E-state index in [0.29, 0.717) is 0 Å². The van der Waals surface area contributed by atoms with E-state index in [2.05, 4.69) is 43.1 Å². The molecule has 0 amide bonds. The summed E-state index contributed by atoms with van der Waals surface area (Å²) >= 11 is 3.49. The molecule has 26 heavy (non-hydrogen) atoms. The summed E-state index contributed by atoms with van der Waals surface area (Å²) in [5.74, 6) is 0. The summed E-state index contributed by atoms with van der Waals surface area (Å²) in [5.41, 5.74) is 6.91. The van der Waals surface area contributed by atoms with Gasteiger partial charge in [0, 0.05) is 23.5 Å². The number of aryl methyl sites for hydroxylation is 2. The molecule has 0 bridgehead atoms. The zero-order valence-corrected chi connectivity index (χ0v) is 16.0. The van der Waals surface area contributed by atoms with Crippen LogP contribution >= 0.6 is 22.7 Å². The van der Waals surface area contributed by atoms with Gasteiger partial charge in [-0.25, -0.2) is 9.97 Å². The molecule has 0 saturated heterocycles. The SMILES string of the molecule is Cc1c2nc(-c3ccncc3)sc2c(C)c2nc(-c3ccccc3)sc12. The topological polar surface area (TPSA) is 38.7 Å². The maximum Gasteiger partial charge on any atom is 0.124 e. The molecular formula is C21H15N3S2. The molecule has 2 aromatic carbocycles. The maximum absolute atomic E-state index is 4.96. The van der Waals surface area contributed by atoms with Crippen LogP contribution in [0.4, 0.5) is 0 Å². The van der Waals surface area contributed by atoms with E-state index in [1.165, 1.54) is 26.1 Å². The lowest BCUT2D eigenvalue weighted by molar-refractivity contribution is 1.32. The highest BCUT2D eigenvalue weighted by Crippen LogP contribution is 2.41. The lowest BCUT2D eigenvalue weighted by atomic mass is 10.1. The molecular weight excluding hydrogens is 358 g/mol. The van der Waals surface area contributed by atoms with Crippen LogP contribution in [0.15, 0.2) is 54.9 Å². The van der Waals surface area contributed by atoms with Crippen molar-refractivity contribution in [1.29, 1.82) is 0 Å². The monoisotopic (exact) mass is 373 g/mol. The van der Waals surface area contributed by atoms with Crippen LogP contribution in [0.1, 0.15) is 11.1 Å². The molecule has 0 unspecified atom stereocenters. The van der Waals surface area contributed by atoms with Crippen molar-refractivity contribution in [3.63, 3.8) is 0 Å². The van der Waals surface area contributed by atoms with Crippen LogP contribution in [0.5, 0.6) is 0 Å². The second kappa shape index (κ2) is 5.97. The fourth-order valence-corrected chi connectivity index (χ4v) is 5.45. The number of nitrogens with zero attached hydrogens (tertiary/aromatic N) is 3. The Labute approximate surface area is 159 Å². The summed E-state index contributed by atoms with van der Waals surface area (Å²) in [5, 5.41) is 2.10. The summed E-state index contributed by atoms with van der Waals surface area (Å²) in [6.45, 7) is 4.32. The van der Waals surface area contributed by atoms with Crippen molar-refractivity contribution in [1.82, 2.24) is 15.0 Å². The Morgan fingerprint density at radius 1 is 0.654 bits per heavy atom. The molecule has 0 aliphatic carbocycles. The van der Waals surface area contributed by atoms with Gasteiger partial charge in [-0.2, -0.15) is 0 Å². The van der Waals surface area contributed by atoms with E-state index in [1.54, 1.807) is 22.7 Å². The Balaban J connectivity index is 1.76. The van der Waals surface area contributed by atoms with Gasteiger partial charge in [-0.3, -0.25) is 4.98 Å². The minimum Gasteiger partial charge on any atom is -0.265 e. The van der Waals surface area contributed by atoms with Gasteiger partial charge in [0.25, 0.3) is 0 Å². The number of thiazole rings is 2. The van der Waals surface area contributed by atoms with Crippen LogP contribution in [0.2, 0.25) is 0 Å². The third-order valence-corrected chi connectivity index (χ3v) is 7.04. The number of aromatic nitrogens is 3. The molecule has 0 saturated carbocycles. The lowest BCUT2D eigenvalue weighted by Gasteiger charge is -2.00. The molecule has 0 aliphatic rings. The molecule has 126 valence electrons. The van der Waals surface area contributed by atoms with Crippen LogP contribution in [0.25, 0.3) is 41.6 Å². The molecule has 5 aromatic rings. The minimum absolute atomic E-state index is 1.04. The Hall–Kier alpha value is -2.63. The zero-order chi connectivity index (χ0) is 17.7. The van der Waals surface area contributed by atoms with Gasteiger partial charge in [-0.15, -0.1) is 22.7 Å². The van der Waals surface area contributed by atoms with Crippen LogP contribution in [-0.2, 0) is 0 Å². The number of fused-ring (bicyclic) bond motifs is 2. The molecule has 0 N–H and O–H groups in total. The smallest absolute Gasteiger partial charge is 0.124 e. The molecule has 0 fully saturated rings. The first-order valence-electron chi connectivity index (χ1n) is 8.38. The van der Waals surface area contributed by atoms with Gasteiger partial charge in [0.1, 0.15) is 10.0 Å². The van der Waals surface area contributed by atoms with Crippen molar-refractivity contribution < 1.29 is 0 Å². The van der Waals surface area contributed by atoms with Crippen LogP contribution in [-0.4, -0.2) is 15.0 Å². The number of hydrogen-bond acceptors (Lipinski definition) is 5. The second-order valence-corrected chi connectivity index (χ2v) is 8.24. The van der Waals surface area contributed by atoms with Gasteiger partial charge in [-0.1, -0.05) is 30.3 Å². The van der Waals surface area contributed by atoms with Crippen molar-refractivity contribution in [3.8, 4) is 21.1 Å². The molecule has 3 nitrogen and oxygen atoms in total. The highest BCUT2D eigenvalue weighted by Gasteiger charge is 2.18. The minimum atomic E-state index is 1.04. The van der Waals surface area contributed by atoms with E-state index < -0.39 is 0 Å². The summed E-state index contributed by atoms with van der Waals surface area (Å²) in [6.07, 6.45) is 3.63. The third-order valence-electron chi connectivity index (χ3n) is 4.59. The zero-order valence-electron chi connectivity index (χ0n) is 14.4. The van der Waals surface area contributed by atoms with Gasteiger partial charge >= 0.3 is 0 Å². The van der Waals surface area contributed by atoms with Gasteiger partial charge < -0.3 is 0 Å². The first kappa shape index (κ1) is 15.6. The van der Waals surface area contributed by atoms with E-state index in [9.17, 15) is 0 Å². The lowest BCUT2D eigenvalue weighted by Crippen LogP contribution is -1.84. The summed E-state index contributed by atoms with van der Waals surface area (Å²) in [4.78, 5) is 14.0. The van der Waals surface area contributed by atoms with E-state index in [1.807, 2.05) is 30.6 Å². The van der Waals surface area contributed by atoms with E-state index in [0.717, 1.165) is 26.6 Å². The Morgan fingerprint density at radius 2 is 1.15 bits per heavy atom. The van der Waals surface area contributed by atoms with E-state index in [4.69, 9.17) is 9.97 Å². The average molecular weight is 374 g/mol. The summed E-state index contributed by atoms with van der Waals surface area (Å²) < 4.78 is 2.46. The van der Waals surface area contributed by atoms with Crippen LogP contribution in [0.3, 0.4) is 0 Å². The molecule has 5 rings (SSSR count). The molecule has 5 heteroatoms. The van der Waals surface area contributed by atoms with Crippen molar-refractivity contribution in [2.45, 2.75) is 13.8 Å². The molecule has 0 aliphatic heterocycles. The van der Waals surface area contributed by atoms with Crippen molar-refractivity contribution >= 4 is 43.1 Å². The van der Waals surface area contributed by atoms with Gasteiger partial charge in [0.05, 0.1) is 20.4 Å². The first-order valence-corrected chi connectivity index (χ1v) is 10.0. The average Bonchev–Trinajstić information content (AvgIpc) is 3.33. The number of pyridine rings is 1. The predicted octanol–water partition coefficient (Wildman–Crippen LogP) is 6.25. The molecule has 0 radical (unpaired) electrons. The van der Waals surface area contributed by atoms with Crippen molar-refractivity contribution in [3.05, 3.63) is 66.0 Å². The van der Waals surface area contributed by atoms with Crippen molar-refractivity contribution in [2.75, 3.05) is 0 Å². The van der Waals surface area contributed by atoms with E-state index >= 15 is 0 Å².